The fourth-order valence-corrected chi connectivity index (χ4v) is 4.15. The number of hydrogen-bond donors (Lipinski definition) is 2. The number of fused-ring (bicyclic) bond motifs is 1. The number of aromatic nitrogens is 1. The number of halogens is 3. The van der Waals surface area contributed by atoms with Crippen molar-refractivity contribution in [1.29, 1.82) is 0 Å². The number of hydrogen-bond acceptors (Lipinski definition) is 4. The van der Waals surface area contributed by atoms with E-state index < -0.39 is 5.91 Å². The first-order valence-corrected chi connectivity index (χ1v) is 8.43. The molecule has 0 fully saturated rings. The topological polar surface area (TPSA) is 68.0 Å². The number of carbonyl (C=O) groups excluding carboxylic acids is 1. The van der Waals surface area contributed by atoms with E-state index in [2.05, 4.69) is 10.3 Å². The molecule has 8 heteroatoms. The fraction of sp³-hybridized carbons (Fsp3) is 0.0667. The molecule has 23 heavy (non-hydrogen) atoms. The van der Waals surface area contributed by atoms with Gasteiger partial charge in [0.15, 0.2) is 0 Å². The second-order valence-corrected chi connectivity index (χ2v) is 7.10. The average molecular weight is 387 g/mol. The van der Waals surface area contributed by atoms with Crippen LogP contribution < -0.4 is 11.1 Å². The van der Waals surface area contributed by atoms with E-state index in [0.717, 1.165) is 10.9 Å². The van der Waals surface area contributed by atoms with Gasteiger partial charge in [-0.2, -0.15) is 0 Å². The number of nitrogens with one attached hydrogen (secondary N) is 1. The van der Waals surface area contributed by atoms with E-state index in [1.165, 1.54) is 23.5 Å². The summed E-state index contributed by atoms with van der Waals surface area (Å²) < 4.78 is 0. The first-order chi connectivity index (χ1) is 10.9. The summed E-state index contributed by atoms with van der Waals surface area (Å²) >= 11 is 19.3. The number of aryl methyl sites for hydroxylation is 1. The summed E-state index contributed by atoms with van der Waals surface area (Å²) in [5, 5.41) is 4.37. The fourth-order valence-electron chi connectivity index (χ4n) is 2.20. The van der Waals surface area contributed by atoms with Crippen LogP contribution >= 0.6 is 46.1 Å². The van der Waals surface area contributed by atoms with Crippen molar-refractivity contribution >= 4 is 73.6 Å². The van der Waals surface area contributed by atoms with Gasteiger partial charge >= 0.3 is 0 Å². The summed E-state index contributed by atoms with van der Waals surface area (Å²) in [4.78, 5) is 17.9. The number of anilines is 2. The monoisotopic (exact) mass is 385 g/mol. The Labute approximate surface area is 151 Å². The normalized spacial score (nSPS) is 11.0. The van der Waals surface area contributed by atoms with Gasteiger partial charge in [-0.05, 0) is 30.7 Å². The van der Waals surface area contributed by atoms with Crippen molar-refractivity contribution in [2.75, 3.05) is 11.1 Å². The van der Waals surface area contributed by atoms with E-state index in [-0.39, 0.29) is 10.0 Å². The highest BCUT2D eigenvalue weighted by Crippen LogP contribution is 2.37. The van der Waals surface area contributed by atoms with E-state index in [9.17, 15) is 4.79 Å². The van der Waals surface area contributed by atoms with Crippen molar-refractivity contribution in [2.24, 2.45) is 0 Å². The number of nitrogen functional groups attached to an aromatic ring is 1. The van der Waals surface area contributed by atoms with Crippen LogP contribution in [0.2, 0.25) is 15.1 Å². The summed E-state index contributed by atoms with van der Waals surface area (Å²) in [6.07, 6.45) is 1.68. The molecule has 2 aromatic heterocycles. The zero-order chi connectivity index (χ0) is 16.7. The minimum absolute atomic E-state index is 0.254. The van der Waals surface area contributed by atoms with Crippen molar-refractivity contribution in [3.8, 4) is 0 Å². The van der Waals surface area contributed by atoms with Crippen LogP contribution in [-0.4, -0.2) is 10.9 Å². The Hall–Kier alpha value is -1.53. The van der Waals surface area contributed by atoms with Crippen molar-refractivity contribution in [2.45, 2.75) is 6.92 Å². The number of pyridine rings is 1. The molecule has 0 aliphatic carbocycles. The van der Waals surface area contributed by atoms with Crippen LogP contribution in [0.3, 0.4) is 0 Å². The van der Waals surface area contributed by atoms with E-state index in [0.29, 0.717) is 26.1 Å². The Bertz CT molecular complexity index is 916. The molecule has 0 aliphatic heterocycles. The van der Waals surface area contributed by atoms with Crippen LogP contribution in [0.4, 0.5) is 11.4 Å². The largest absolute Gasteiger partial charge is 0.397 e. The summed E-state index contributed by atoms with van der Waals surface area (Å²) in [6, 6.07) is 4.86. The van der Waals surface area contributed by atoms with Crippen molar-refractivity contribution in [1.82, 2.24) is 4.98 Å². The highest BCUT2D eigenvalue weighted by atomic mass is 35.5. The van der Waals surface area contributed by atoms with Gasteiger partial charge in [0, 0.05) is 16.6 Å². The Morgan fingerprint density at radius 1 is 1.26 bits per heavy atom. The zero-order valence-electron chi connectivity index (χ0n) is 11.8. The van der Waals surface area contributed by atoms with Gasteiger partial charge in [-0.1, -0.05) is 34.8 Å². The third-order valence-electron chi connectivity index (χ3n) is 3.29. The first kappa shape index (κ1) is 16.3. The molecule has 118 valence electrons. The number of nitrogens with zero attached hydrogens (tertiary/aromatic N) is 1. The molecule has 3 rings (SSSR count). The number of thiophene rings is 1. The Balaban J connectivity index is 2.02. The van der Waals surface area contributed by atoms with E-state index in [1.54, 1.807) is 6.20 Å². The van der Waals surface area contributed by atoms with Crippen LogP contribution in [0.5, 0.6) is 0 Å². The molecular formula is C15H10Cl3N3OS. The Morgan fingerprint density at radius 3 is 2.52 bits per heavy atom. The quantitative estimate of drug-likeness (QED) is 0.619. The lowest BCUT2D eigenvalue weighted by Crippen LogP contribution is -2.12. The molecule has 0 unspecified atom stereocenters. The van der Waals surface area contributed by atoms with Crippen molar-refractivity contribution in [3.63, 3.8) is 0 Å². The predicted molar refractivity (Wildman–Crippen MR) is 98.2 cm³/mol. The third kappa shape index (κ3) is 2.97. The Morgan fingerprint density at radius 2 is 1.91 bits per heavy atom. The molecule has 0 bridgehead atoms. The number of nitrogens with two attached hydrogens (primary N) is 1. The van der Waals surface area contributed by atoms with E-state index in [1.807, 2.05) is 13.0 Å². The number of benzene rings is 1. The van der Waals surface area contributed by atoms with Crippen molar-refractivity contribution < 1.29 is 4.79 Å². The zero-order valence-corrected chi connectivity index (χ0v) is 14.9. The maximum absolute atomic E-state index is 12.5. The lowest BCUT2D eigenvalue weighted by atomic mass is 10.1. The van der Waals surface area contributed by atoms with Gasteiger partial charge in [0.05, 0.1) is 21.4 Å². The molecule has 0 aliphatic rings. The molecule has 0 saturated carbocycles. The highest BCUT2D eigenvalue weighted by molar-refractivity contribution is 7.21. The van der Waals surface area contributed by atoms with Crippen LogP contribution in [0.1, 0.15) is 15.2 Å². The molecule has 0 saturated heterocycles. The number of rotatable bonds is 2. The molecule has 1 aromatic carbocycles. The minimum Gasteiger partial charge on any atom is -0.397 e. The summed E-state index contributed by atoms with van der Waals surface area (Å²) in [5.74, 6) is -0.393. The van der Waals surface area contributed by atoms with E-state index in [4.69, 9.17) is 40.5 Å². The number of amides is 1. The van der Waals surface area contributed by atoms with Crippen LogP contribution in [0.25, 0.3) is 10.2 Å². The second kappa shape index (κ2) is 6.17. The van der Waals surface area contributed by atoms with Crippen LogP contribution in [0, 0.1) is 6.92 Å². The molecule has 3 aromatic rings. The van der Waals surface area contributed by atoms with Crippen LogP contribution in [0.15, 0.2) is 24.4 Å². The SMILES string of the molecule is Cc1ccnc2sc(C(=O)Nc3c(Cl)cc(Cl)cc3Cl)c(N)c12. The third-order valence-corrected chi connectivity index (χ3v) is 5.22. The maximum Gasteiger partial charge on any atom is 0.268 e. The molecule has 0 atom stereocenters. The van der Waals surface area contributed by atoms with Crippen LogP contribution in [-0.2, 0) is 0 Å². The van der Waals surface area contributed by atoms with Crippen molar-refractivity contribution in [3.05, 3.63) is 49.9 Å². The van der Waals surface area contributed by atoms with Gasteiger partial charge in [-0.3, -0.25) is 4.79 Å². The Kier molecular flexibility index (Phi) is 4.38. The maximum atomic E-state index is 12.5. The molecule has 3 N–H and O–H groups in total. The van der Waals surface area contributed by atoms with Gasteiger partial charge in [0.1, 0.15) is 9.71 Å². The molecule has 1 amide bonds. The molecule has 2 heterocycles. The summed E-state index contributed by atoms with van der Waals surface area (Å²) in [5.41, 5.74) is 7.77. The molecular weight excluding hydrogens is 377 g/mol. The van der Waals surface area contributed by atoms with E-state index >= 15 is 0 Å². The van der Waals surface area contributed by atoms with Gasteiger partial charge in [0.25, 0.3) is 5.91 Å². The van der Waals surface area contributed by atoms with Gasteiger partial charge in [0.2, 0.25) is 0 Å². The summed E-state index contributed by atoms with van der Waals surface area (Å²) in [6.45, 7) is 1.92. The second-order valence-electron chi connectivity index (χ2n) is 4.85. The summed E-state index contributed by atoms with van der Waals surface area (Å²) in [7, 11) is 0. The van der Waals surface area contributed by atoms with Gasteiger partial charge < -0.3 is 11.1 Å². The lowest BCUT2D eigenvalue weighted by molar-refractivity contribution is 0.103. The standard InChI is InChI=1S/C15H10Cl3N3OS/c1-6-2-3-20-15-10(6)11(19)13(23-15)14(22)21-12-8(17)4-7(16)5-9(12)18/h2-5H,19H2,1H3,(H,21,22). The molecule has 0 spiro atoms. The van der Waals surface area contributed by atoms with Gasteiger partial charge in [-0.25, -0.2) is 4.98 Å². The van der Waals surface area contributed by atoms with Gasteiger partial charge in [-0.15, -0.1) is 11.3 Å². The molecule has 0 radical (unpaired) electrons. The predicted octanol–water partition coefficient (Wildman–Crippen LogP) is 5.40. The molecule has 4 nitrogen and oxygen atoms in total. The highest BCUT2D eigenvalue weighted by Gasteiger charge is 2.20. The first-order valence-electron chi connectivity index (χ1n) is 6.48. The smallest absolute Gasteiger partial charge is 0.268 e. The lowest BCUT2D eigenvalue weighted by Gasteiger charge is -2.09. The number of carbonyl (C=O) groups is 1. The average Bonchev–Trinajstić information content (AvgIpc) is 2.81. The minimum atomic E-state index is -0.393.